The van der Waals surface area contributed by atoms with Crippen LogP contribution in [0.15, 0.2) is 42.5 Å². The predicted octanol–water partition coefficient (Wildman–Crippen LogP) is 5.78. The molecule has 0 radical (unpaired) electrons. The van der Waals surface area contributed by atoms with Crippen LogP contribution in [-0.2, 0) is 4.74 Å². The quantitative estimate of drug-likeness (QED) is 0.434. The van der Waals surface area contributed by atoms with Crippen molar-refractivity contribution in [1.29, 1.82) is 0 Å². The van der Waals surface area contributed by atoms with Gasteiger partial charge in [-0.15, -0.1) is 11.3 Å². The van der Waals surface area contributed by atoms with Crippen molar-refractivity contribution in [1.82, 2.24) is 15.2 Å². The van der Waals surface area contributed by atoms with Gasteiger partial charge in [-0.2, -0.15) is 0 Å². The lowest BCUT2D eigenvalue weighted by atomic mass is 10.1. The van der Waals surface area contributed by atoms with Crippen molar-refractivity contribution in [2.24, 2.45) is 0 Å². The van der Waals surface area contributed by atoms with Crippen molar-refractivity contribution in [2.75, 3.05) is 31.1 Å². The number of ether oxygens (including phenoxy) is 2. The summed E-state index contributed by atoms with van der Waals surface area (Å²) < 4.78 is 12.7. The number of aromatic nitrogens is 1. The van der Waals surface area contributed by atoms with Gasteiger partial charge in [0.2, 0.25) is 0 Å². The van der Waals surface area contributed by atoms with E-state index in [0.717, 1.165) is 41.9 Å². The fraction of sp³-hybridized carbons (Fsp3) is 0.500. The van der Waals surface area contributed by atoms with Crippen molar-refractivity contribution in [2.45, 2.75) is 71.1 Å². The molecule has 0 saturated carbocycles. The Bertz CT molecular complexity index is 1300. The van der Waals surface area contributed by atoms with Gasteiger partial charge >= 0.3 is 6.09 Å². The minimum Gasteiger partial charge on any atom is -0.490 e. The van der Waals surface area contributed by atoms with Crippen molar-refractivity contribution < 1.29 is 19.1 Å². The monoisotopic (exact) mass is 550 g/mol. The number of anilines is 1. The smallest absolute Gasteiger partial charge is 0.410 e. The van der Waals surface area contributed by atoms with Crippen molar-refractivity contribution in [3.8, 4) is 5.75 Å². The number of amides is 2. The van der Waals surface area contributed by atoms with Crippen LogP contribution in [-0.4, -0.2) is 65.8 Å². The number of fused-ring (bicyclic) bond motifs is 1. The van der Waals surface area contributed by atoms with E-state index in [1.807, 2.05) is 39.0 Å². The molecule has 9 heteroatoms. The molecule has 3 heterocycles. The van der Waals surface area contributed by atoms with E-state index in [2.05, 4.69) is 46.4 Å². The molecular formula is C30H38N4O4S. The van der Waals surface area contributed by atoms with Gasteiger partial charge in [-0.1, -0.05) is 17.7 Å². The fourth-order valence-corrected chi connectivity index (χ4v) is 5.93. The summed E-state index contributed by atoms with van der Waals surface area (Å²) >= 11 is 1.38. The van der Waals surface area contributed by atoms with Gasteiger partial charge in [-0.25, -0.2) is 9.78 Å². The maximum Gasteiger partial charge on any atom is 0.410 e. The Kier molecular flexibility index (Phi) is 7.98. The first-order chi connectivity index (χ1) is 18.6. The Morgan fingerprint density at radius 1 is 0.974 bits per heavy atom. The Labute approximate surface area is 234 Å². The molecule has 0 bridgehead atoms. The van der Waals surface area contributed by atoms with E-state index in [1.165, 1.54) is 22.6 Å². The van der Waals surface area contributed by atoms with Crippen LogP contribution in [0.1, 0.15) is 61.8 Å². The molecule has 1 aromatic heterocycles. The van der Waals surface area contributed by atoms with Gasteiger partial charge in [-0.05, 0) is 70.9 Å². The van der Waals surface area contributed by atoms with Crippen LogP contribution < -0.4 is 15.0 Å². The maximum absolute atomic E-state index is 12.9. The van der Waals surface area contributed by atoms with E-state index < -0.39 is 5.60 Å². The number of thiazole rings is 1. The molecule has 2 aliphatic heterocycles. The zero-order valence-electron chi connectivity index (χ0n) is 23.2. The largest absolute Gasteiger partial charge is 0.490 e. The third-order valence-electron chi connectivity index (χ3n) is 7.18. The Morgan fingerprint density at radius 2 is 1.67 bits per heavy atom. The summed E-state index contributed by atoms with van der Waals surface area (Å²) in [5, 5.41) is 3.55. The van der Waals surface area contributed by atoms with E-state index in [-0.39, 0.29) is 24.1 Å². The minimum absolute atomic E-state index is 0.00729. The molecule has 0 unspecified atom stereocenters. The molecule has 0 aliphatic carbocycles. The number of piperidine rings is 2. The summed E-state index contributed by atoms with van der Waals surface area (Å²) in [5.41, 5.74) is 2.83. The lowest BCUT2D eigenvalue weighted by Gasteiger charge is -2.33. The number of benzene rings is 2. The number of carbonyl (C=O) groups is 2. The zero-order valence-corrected chi connectivity index (χ0v) is 24.1. The molecule has 5 rings (SSSR count). The molecule has 2 aromatic carbocycles. The minimum atomic E-state index is -0.515. The highest BCUT2D eigenvalue weighted by Crippen LogP contribution is 2.29. The van der Waals surface area contributed by atoms with Crippen LogP contribution >= 0.6 is 11.3 Å². The van der Waals surface area contributed by atoms with Crippen LogP contribution in [0.2, 0.25) is 0 Å². The summed E-state index contributed by atoms with van der Waals surface area (Å²) in [6.07, 6.45) is 3.19. The molecule has 8 nitrogen and oxygen atoms in total. The van der Waals surface area contributed by atoms with Gasteiger partial charge in [0.15, 0.2) is 5.01 Å². The van der Waals surface area contributed by atoms with E-state index in [1.54, 1.807) is 4.90 Å². The van der Waals surface area contributed by atoms with E-state index in [9.17, 15) is 9.59 Å². The highest BCUT2D eigenvalue weighted by atomic mass is 32.1. The van der Waals surface area contributed by atoms with Gasteiger partial charge < -0.3 is 24.6 Å². The van der Waals surface area contributed by atoms with E-state index >= 15 is 0 Å². The third-order valence-corrected chi connectivity index (χ3v) is 8.20. The standard InChI is InChI=1S/C30H38N4O4S/c1-20-5-7-22(8-6-20)33-17-13-23(14-18-33)37-24-9-10-25-26(19-24)39-28(32-25)27(35)31-21-11-15-34(16-12-21)29(36)38-30(2,3)4/h5-10,19,21,23H,11-18H2,1-4H3,(H,31,35). The van der Waals surface area contributed by atoms with Crippen LogP contribution in [0.3, 0.4) is 0 Å². The van der Waals surface area contributed by atoms with E-state index in [4.69, 9.17) is 9.47 Å². The SMILES string of the molecule is Cc1ccc(N2CCC(Oc3ccc4nc(C(=O)NC5CCN(C(=O)OC(C)(C)C)CC5)sc4c3)CC2)cc1. The van der Waals surface area contributed by atoms with Crippen molar-refractivity contribution in [3.63, 3.8) is 0 Å². The normalized spacial score (nSPS) is 17.3. The van der Waals surface area contributed by atoms with Crippen molar-refractivity contribution >= 4 is 39.2 Å². The van der Waals surface area contributed by atoms with Gasteiger partial charge in [0.1, 0.15) is 17.5 Å². The summed E-state index contributed by atoms with van der Waals surface area (Å²) in [7, 11) is 0. The highest BCUT2D eigenvalue weighted by Gasteiger charge is 2.28. The fourth-order valence-electron chi connectivity index (χ4n) is 5.04. The number of aryl methyl sites for hydroxylation is 1. The second kappa shape index (κ2) is 11.4. The van der Waals surface area contributed by atoms with Gasteiger partial charge in [0, 0.05) is 50.7 Å². The molecule has 0 atom stereocenters. The molecule has 2 amide bonds. The topological polar surface area (TPSA) is 84.0 Å². The summed E-state index contributed by atoms with van der Waals surface area (Å²) in [6.45, 7) is 10.8. The summed E-state index contributed by atoms with van der Waals surface area (Å²) in [6, 6.07) is 14.6. The predicted molar refractivity (Wildman–Crippen MR) is 155 cm³/mol. The highest BCUT2D eigenvalue weighted by molar-refractivity contribution is 7.20. The van der Waals surface area contributed by atoms with Gasteiger partial charge in [-0.3, -0.25) is 4.79 Å². The number of hydrogen-bond donors (Lipinski definition) is 1. The number of likely N-dealkylation sites (tertiary alicyclic amines) is 1. The molecular weight excluding hydrogens is 512 g/mol. The Hall–Kier alpha value is -3.33. The molecule has 2 fully saturated rings. The van der Waals surface area contributed by atoms with Crippen LogP contribution in [0.4, 0.5) is 10.5 Å². The number of nitrogens with one attached hydrogen (secondary N) is 1. The lowest BCUT2D eigenvalue weighted by molar-refractivity contribution is 0.0199. The second-order valence-corrected chi connectivity index (χ2v) is 12.5. The molecule has 39 heavy (non-hydrogen) atoms. The van der Waals surface area contributed by atoms with E-state index in [0.29, 0.717) is 30.9 Å². The number of carbonyl (C=O) groups excluding carboxylic acids is 2. The van der Waals surface area contributed by atoms with Gasteiger partial charge in [0.25, 0.3) is 5.91 Å². The third kappa shape index (κ3) is 7.01. The first kappa shape index (κ1) is 27.2. The van der Waals surface area contributed by atoms with Crippen molar-refractivity contribution in [3.05, 3.63) is 53.0 Å². The average molecular weight is 551 g/mol. The number of hydrogen-bond acceptors (Lipinski definition) is 7. The molecule has 2 aliphatic rings. The maximum atomic E-state index is 12.9. The zero-order chi connectivity index (χ0) is 27.6. The molecule has 1 N–H and O–H groups in total. The van der Waals surface area contributed by atoms with Crippen LogP contribution in [0.25, 0.3) is 10.2 Å². The molecule has 208 valence electrons. The first-order valence-corrected chi connectivity index (χ1v) is 14.6. The number of rotatable bonds is 5. The second-order valence-electron chi connectivity index (χ2n) is 11.5. The van der Waals surface area contributed by atoms with Gasteiger partial charge in [0.05, 0.1) is 10.2 Å². The summed E-state index contributed by atoms with van der Waals surface area (Å²) in [4.78, 5) is 33.9. The average Bonchev–Trinajstić information content (AvgIpc) is 3.33. The first-order valence-electron chi connectivity index (χ1n) is 13.8. The Balaban J connectivity index is 1.12. The summed E-state index contributed by atoms with van der Waals surface area (Å²) in [5.74, 6) is 0.652. The van der Waals surface area contributed by atoms with Crippen LogP contribution in [0.5, 0.6) is 5.75 Å². The lowest BCUT2D eigenvalue weighted by Crippen LogP contribution is -2.47. The molecule has 3 aromatic rings. The van der Waals surface area contributed by atoms with Crippen LogP contribution in [0, 0.1) is 6.92 Å². The molecule has 0 spiro atoms. The molecule has 2 saturated heterocycles. The Morgan fingerprint density at radius 3 is 2.33 bits per heavy atom. The number of nitrogens with zero attached hydrogens (tertiary/aromatic N) is 3.